The molecule has 2 atom stereocenters. The monoisotopic (exact) mass is 602 g/mol. The molecular formula is C31H34N6O5S. The van der Waals surface area contributed by atoms with Gasteiger partial charge in [-0.2, -0.15) is 0 Å². The molecule has 2 N–H and O–H groups in total. The molecule has 5 aromatic rings. The molecule has 2 saturated heterocycles. The standard InChI is InChI=1S/C31H34N6O5S/c1-31(2,3)27-15-28(35-42-27)34-29(38)32-20-6-4-19(5-7-20)22-16-37-23-9-8-21(14-26(23)43-30(37)33-22)39-11-10-36-17-24-25(18-36)41-13-12-40-24/h4-9,14-16,24-25H,10-13,17-18H2,1-3H3,(H2,32,34,35,38)/t24-,25+. The Bertz CT molecular complexity index is 1740. The van der Waals surface area contributed by atoms with Crippen molar-refractivity contribution in [3.05, 3.63) is 60.5 Å². The van der Waals surface area contributed by atoms with E-state index >= 15 is 0 Å². The minimum absolute atomic E-state index is 0.187. The molecule has 0 bridgehead atoms. The minimum Gasteiger partial charge on any atom is -0.492 e. The van der Waals surface area contributed by atoms with Crippen LogP contribution in [0.5, 0.6) is 5.75 Å². The first-order valence-corrected chi connectivity index (χ1v) is 15.3. The van der Waals surface area contributed by atoms with Crippen molar-refractivity contribution >= 4 is 44.1 Å². The number of hydrogen-bond acceptors (Lipinski definition) is 9. The SMILES string of the molecule is CC(C)(C)c1cc(NC(=O)Nc2ccc(-c3cn4c(n3)sc3cc(OCCN5C[C@@H]6OCCO[C@@H]6C5)ccc34)cc2)no1. The molecule has 2 aliphatic rings. The molecule has 3 aromatic heterocycles. The lowest BCUT2D eigenvalue weighted by Crippen LogP contribution is -2.36. The highest BCUT2D eigenvalue weighted by Crippen LogP contribution is 2.32. The Morgan fingerprint density at radius 2 is 1.81 bits per heavy atom. The van der Waals surface area contributed by atoms with Crippen LogP contribution in [0.2, 0.25) is 0 Å². The van der Waals surface area contributed by atoms with Crippen molar-refractivity contribution in [2.45, 2.75) is 38.4 Å². The summed E-state index contributed by atoms with van der Waals surface area (Å²) in [5.74, 6) is 1.92. The highest BCUT2D eigenvalue weighted by Gasteiger charge is 2.36. The van der Waals surface area contributed by atoms with Crippen molar-refractivity contribution in [2.24, 2.45) is 0 Å². The van der Waals surface area contributed by atoms with Crippen LogP contribution in [0.3, 0.4) is 0 Å². The van der Waals surface area contributed by atoms with E-state index in [1.54, 1.807) is 17.4 Å². The van der Waals surface area contributed by atoms with Crippen LogP contribution >= 0.6 is 11.3 Å². The number of nitrogens with zero attached hydrogens (tertiary/aromatic N) is 4. The Morgan fingerprint density at radius 3 is 2.53 bits per heavy atom. The van der Waals surface area contributed by atoms with E-state index in [4.69, 9.17) is 23.7 Å². The Hall–Kier alpha value is -3.97. The fourth-order valence-electron chi connectivity index (χ4n) is 5.41. The van der Waals surface area contributed by atoms with E-state index in [1.165, 1.54) is 0 Å². The lowest BCUT2D eigenvalue weighted by Gasteiger charge is -2.24. The number of anilines is 2. The average molecular weight is 603 g/mol. The number of thiazole rings is 1. The van der Waals surface area contributed by atoms with Crippen LogP contribution in [0, 0.1) is 0 Å². The van der Waals surface area contributed by atoms with Gasteiger partial charge in [-0.1, -0.05) is 49.4 Å². The number of aromatic nitrogens is 3. The fraction of sp³-hybridized carbons (Fsp3) is 0.387. The number of carbonyl (C=O) groups is 1. The Morgan fingerprint density at radius 1 is 1.05 bits per heavy atom. The zero-order chi connectivity index (χ0) is 29.6. The molecule has 11 nitrogen and oxygen atoms in total. The van der Waals surface area contributed by atoms with E-state index in [0.717, 1.165) is 51.8 Å². The first kappa shape index (κ1) is 27.8. The molecule has 43 heavy (non-hydrogen) atoms. The maximum absolute atomic E-state index is 12.5. The van der Waals surface area contributed by atoms with Gasteiger partial charge >= 0.3 is 6.03 Å². The first-order valence-electron chi connectivity index (χ1n) is 14.4. The second-order valence-corrected chi connectivity index (χ2v) is 12.9. The van der Waals surface area contributed by atoms with Crippen LogP contribution in [-0.4, -0.2) is 77.1 Å². The largest absolute Gasteiger partial charge is 0.492 e. The van der Waals surface area contributed by atoms with Gasteiger partial charge in [-0.15, -0.1) is 0 Å². The molecule has 2 aliphatic heterocycles. The van der Waals surface area contributed by atoms with Gasteiger partial charge in [-0.3, -0.25) is 14.6 Å². The lowest BCUT2D eigenvalue weighted by molar-refractivity contribution is -0.116. The van der Waals surface area contributed by atoms with E-state index in [-0.39, 0.29) is 17.6 Å². The van der Waals surface area contributed by atoms with Crippen LogP contribution in [0.25, 0.3) is 26.4 Å². The van der Waals surface area contributed by atoms with Gasteiger partial charge in [0.15, 0.2) is 10.8 Å². The summed E-state index contributed by atoms with van der Waals surface area (Å²) in [5.41, 5.74) is 3.37. The summed E-state index contributed by atoms with van der Waals surface area (Å²) >= 11 is 1.63. The van der Waals surface area contributed by atoms with Gasteiger partial charge in [0.25, 0.3) is 0 Å². The molecule has 5 heterocycles. The average Bonchev–Trinajstić information content (AvgIpc) is 3.76. The normalized spacial score (nSPS) is 19.1. The fourth-order valence-corrected chi connectivity index (χ4v) is 6.45. The van der Waals surface area contributed by atoms with Gasteiger partial charge in [0, 0.05) is 48.6 Å². The quantitative estimate of drug-likeness (QED) is 0.247. The molecule has 0 aliphatic carbocycles. The Balaban J connectivity index is 0.957. The number of likely N-dealkylation sites (tertiary alicyclic amines) is 1. The molecular weight excluding hydrogens is 568 g/mol. The number of imidazole rings is 1. The number of benzene rings is 2. The molecule has 12 heteroatoms. The van der Waals surface area contributed by atoms with E-state index in [1.807, 2.05) is 57.3 Å². The number of carbonyl (C=O) groups excluding carboxylic acids is 1. The minimum atomic E-state index is -0.392. The maximum atomic E-state index is 12.5. The molecule has 2 fully saturated rings. The summed E-state index contributed by atoms with van der Waals surface area (Å²) < 4.78 is 26.3. The maximum Gasteiger partial charge on any atom is 0.324 e. The van der Waals surface area contributed by atoms with Gasteiger partial charge in [-0.05, 0) is 30.3 Å². The zero-order valence-electron chi connectivity index (χ0n) is 24.3. The second-order valence-electron chi connectivity index (χ2n) is 11.9. The molecule has 2 aromatic carbocycles. The van der Waals surface area contributed by atoms with Gasteiger partial charge in [0.2, 0.25) is 0 Å². The van der Waals surface area contributed by atoms with Crippen LogP contribution in [0.15, 0.2) is 59.3 Å². The molecule has 0 spiro atoms. The number of fused-ring (bicyclic) bond motifs is 4. The van der Waals surface area contributed by atoms with Gasteiger partial charge in [0.1, 0.15) is 18.1 Å². The predicted molar refractivity (Wildman–Crippen MR) is 165 cm³/mol. The van der Waals surface area contributed by atoms with Crippen molar-refractivity contribution in [1.82, 2.24) is 19.4 Å². The number of amides is 2. The third-order valence-electron chi connectivity index (χ3n) is 7.71. The zero-order valence-corrected chi connectivity index (χ0v) is 25.1. The molecule has 0 unspecified atom stereocenters. The molecule has 0 saturated carbocycles. The molecule has 2 amide bonds. The van der Waals surface area contributed by atoms with E-state index in [0.29, 0.717) is 37.1 Å². The highest BCUT2D eigenvalue weighted by molar-refractivity contribution is 7.23. The number of urea groups is 1. The van der Waals surface area contributed by atoms with Gasteiger partial charge < -0.3 is 24.1 Å². The van der Waals surface area contributed by atoms with E-state index in [2.05, 4.69) is 37.2 Å². The second kappa shape index (κ2) is 11.3. The number of rotatable bonds is 7. The van der Waals surface area contributed by atoms with Crippen molar-refractivity contribution in [3.8, 4) is 17.0 Å². The summed E-state index contributed by atoms with van der Waals surface area (Å²) in [6, 6.07) is 15.1. The smallest absolute Gasteiger partial charge is 0.324 e. The summed E-state index contributed by atoms with van der Waals surface area (Å²) in [5, 5.41) is 9.46. The number of nitrogens with one attached hydrogen (secondary N) is 2. The Kier molecular flexibility index (Phi) is 7.29. The van der Waals surface area contributed by atoms with E-state index < -0.39 is 6.03 Å². The predicted octanol–water partition coefficient (Wildman–Crippen LogP) is 5.62. The summed E-state index contributed by atoms with van der Waals surface area (Å²) in [7, 11) is 0. The van der Waals surface area contributed by atoms with Crippen molar-refractivity contribution in [2.75, 3.05) is 50.1 Å². The van der Waals surface area contributed by atoms with Gasteiger partial charge in [-0.25, -0.2) is 9.78 Å². The molecule has 0 radical (unpaired) electrons. The molecule has 7 rings (SSSR count). The number of hydrogen-bond donors (Lipinski definition) is 2. The number of ether oxygens (including phenoxy) is 3. The van der Waals surface area contributed by atoms with Crippen molar-refractivity contribution < 1.29 is 23.5 Å². The highest BCUT2D eigenvalue weighted by atomic mass is 32.1. The van der Waals surface area contributed by atoms with Crippen molar-refractivity contribution in [1.29, 1.82) is 0 Å². The van der Waals surface area contributed by atoms with E-state index in [9.17, 15) is 4.79 Å². The van der Waals surface area contributed by atoms with Crippen LogP contribution in [0.1, 0.15) is 26.5 Å². The topological polar surface area (TPSA) is 115 Å². The summed E-state index contributed by atoms with van der Waals surface area (Å²) in [6.45, 7) is 10.7. The first-order chi connectivity index (χ1) is 20.8. The Labute approximate surface area is 252 Å². The lowest BCUT2D eigenvalue weighted by atomic mass is 9.93. The van der Waals surface area contributed by atoms with Crippen LogP contribution in [-0.2, 0) is 14.9 Å². The third-order valence-corrected chi connectivity index (χ3v) is 8.73. The third kappa shape index (κ3) is 5.96. The summed E-state index contributed by atoms with van der Waals surface area (Å²) in [4.78, 5) is 20.6. The van der Waals surface area contributed by atoms with Crippen molar-refractivity contribution in [3.63, 3.8) is 0 Å². The van der Waals surface area contributed by atoms with Crippen LogP contribution < -0.4 is 15.4 Å². The summed E-state index contributed by atoms with van der Waals surface area (Å²) in [6.07, 6.45) is 2.41. The van der Waals surface area contributed by atoms with Crippen LogP contribution in [0.4, 0.5) is 16.3 Å². The van der Waals surface area contributed by atoms with Gasteiger partial charge in [0.05, 0.1) is 41.3 Å². The molecule has 224 valence electrons.